The van der Waals surface area contributed by atoms with Gasteiger partial charge in [0.05, 0.1) is 12.0 Å². The summed E-state index contributed by atoms with van der Waals surface area (Å²) in [4.78, 5) is 20.6. The van der Waals surface area contributed by atoms with E-state index in [9.17, 15) is 4.79 Å². The van der Waals surface area contributed by atoms with Crippen LogP contribution in [0.25, 0.3) is 0 Å². The van der Waals surface area contributed by atoms with Crippen molar-refractivity contribution in [3.63, 3.8) is 0 Å². The number of esters is 1. The lowest BCUT2D eigenvalue weighted by Gasteiger charge is -2.27. The molecule has 0 bridgehead atoms. The van der Waals surface area contributed by atoms with Gasteiger partial charge < -0.3 is 9.62 Å². The van der Waals surface area contributed by atoms with E-state index in [-0.39, 0.29) is 11.4 Å². The highest BCUT2D eigenvalue weighted by atomic mass is 17.2. The van der Waals surface area contributed by atoms with Gasteiger partial charge in [-0.3, -0.25) is 4.79 Å². The number of rotatable bonds is 3. The Kier molecular flexibility index (Phi) is 3.52. The molecule has 0 N–H and O–H groups in total. The third-order valence-electron chi connectivity index (χ3n) is 1.98. The highest BCUT2D eigenvalue weighted by molar-refractivity contribution is 5.65. The molecule has 0 aromatic carbocycles. The maximum atomic E-state index is 10.7. The van der Waals surface area contributed by atoms with Crippen LogP contribution < -0.4 is 0 Å². The van der Waals surface area contributed by atoms with Crippen LogP contribution in [0, 0.1) is 5.41 Å². The third kappa shape index (κ3) is 3.03. The summed E-state index contributed by atoms with van der Waals surface area (Å²) in [6.45, 7) is 6.15. The van der Waals surface area contributed by atoms with Gasteiger partial charge in [0.2, 0.25) is 0 Å². The van der Waals surface area contributed by atoms with E-state index >= 15 is 0 Å². The zero-order valence-electron chi connectivity index (χ0n) is 8.83. The maximum Gasteiger partial charge on any atom is 0.302 e. The first-order chi connectivity index (χ1) is 6.52. The molecule has 1 heterocycles. The first kappa shape index (κ1) is 11.0. The van der Waals surface area contributed by atoms with Crippen LogP contribution in [-0.2, 0) is 19.3 Å². The van der Waals surface area contributed by atoms with Crippen LogP contribution in [0.1, 0.15) is 27.2 Å². The zero-order chi connectivity index (χ0) is 10.6. The molecule has 0 aliphatic carbocycles. The van der Waals surface area contributed by atoms with Crippen molar-refractivity contribution in [1.82, 2.24) is 0 Å². The topological polar surface area (TPSA) is 44.8 Å². The molecule has 0 atom stereocenters. The molecule has 0 aromatic rings. The summed E-state index contributed by atoms with van der Waals surface area (Å²) in [7, 11) is 0. The van der Waals surface area contributed by atoms with Crippen LogP contribution in [0.4, 0.5) is 0 Å². The minimum Gasteiger partial charge on any atom is -0.465 e. The number of hydrogen-bond donors (Lipinski definition) is 0. The molecule has 1 aliphatic rings. The Morgan fingerprint density at radius 1 is 1.64 bits per heavy atom. The van der Waals surface area contributed by atoms with E-state index in [2.05, 4.69) is 0 Å². The van der Waals surface area contributed by atoms with Crippen molar-refractivity contribution < 1.29 is 19.3 Å². The number of carbonyl (C=O) groups excluding carboxylic acids is 1. The van der Waals surface area contributed by atoms with Gasteiger partial charge in [0.1, 0.15) is 12.4 Å². The highest BCUT2D eigenvalue weighted by Crippen LogP contribution is 2.29. The minimum atomic E-state index is -0.327. The predicted octanol–water partition coefficient (Wildman–Crippen LogP) is 1.81. The van der Waals surface area contributed by atoms with Gasteiger partial charge in [0.15, 0.2) is 0 Å². The van der Waals surface area contributed by atoms with Crippen LogP contribution in [0.15, 0.2) is 11.8 Å². The molecule has 14 heavy (non-hydrogen) atoms. The maximum absolute atomic E-state index is 10.7. The summed E-state index contributed by atoms with van der Waals surface area (Å²) in [5.74, 6) is 0.445. The Balaban J connectivity index is 2.54. The number of ether oxygens (including phenoxy) is 1. The summed E-state index contributed by atoms with van der Waals surface area (Å²) in [5.41, 5.74) is -0.327. The fourth-order valence-corrected chi connectivity index (χ4v) is 1.12. The first-order valence-electron chi connectivity index (χ1n) is 4.66. The molecule has 1 rings (SSSR count). The van der Waals surface area contributed by atoms with Gasteiger partial charge in [-0.25, -0.2) is 0 Å². The van der Waals surface area contributed by atoms with Gasteiger partial charge >= 0.3 is 5.97 Å². The van der Waals surface area contributed by atoms with Crippen molar-refractivity contribution in [2.75, 3.05) is 13.2 Å². The summed E-state index contributed by atoms with van der Waals surface area (Å²) >= 11 is 0. The lowest BCUT2D eigenvalue weighted by molar-refractivity contribution is -0.281. The fourth-order valence-electron chi connectivity index (χ4n) is 1.12. The average molecular weight is 200 g/mol. The van der Waals surface area contributed by atoms with Crippen molar-refractivity contribution in [1.29, 1.82) is 0 Å². The molecule has 0 radical (unpaired) electrons. The molecular formula is C10H16O4. The summed E-state index contributed by atoms with van der Waals surface area (Å²) in [6, 6.07) is 0. The van der Waals surface area contributed by atoms with E-state index in [1.807, 2.05) is 19.9 Å². The molecule has 0 unspecified atom stereocenters. The number of hydrogen-bond acceptors (Lipinski definition) is 4. The lowest BCUT2D eigenvalue weighted by Crippen LogP contribution is -2.26. The third-order valence-corrected chi connectivity index (χ3v) is 1.98. The Morgan fingerprint density at radius 2 is 2.36 bits per heavy atom. The number of carbonyl (C=O) groups is 1. The molecule has 4 heteroatoms. The smallest absolute Gasteiger partial charge is 0.302 e. The van der Waals surface area contributed by atoms with E-state index in [0.717, 1.165) is 12.2 Å². The first-order valence-corrected chi connectivity index (χ1v) is 4.66. The van der Waals surface area contributed by atoms with E-state index in [1.54, 1.807) is 0 Å². The van der Waals surface area contributed by atoms with Crippen LogP contribution in [0.3, 0.4) is 0 Å². The molecule has 0 amide bonds. The summed E-state index contributed by atoms with van der Waals surface area (Å²) in [6.07, 6.45) is 2.80. The van der Waals surface area contributed by atoms with Crippen molar-refractivity contribution in [2.45, 2.75) is 27.2 Å². The van der Waals surface area contributed by atoms with Crippen molar-refractivity contribution in [3.05, 3.63) is 11.8 Å². The Bertz CT molecular complexity index is 243. The Labute approximate surface area is 83.8 Å². The second kappa shape index (κ2) is 4.46. The average Bonchev–Trinajstić information content (AvgIpc) is 2.16. The lowest BCUT2D eigenvalue weighted by atomic mass is 9.91. The van der Waals surface area contributed by atoms with Gasteiger partial charge in [-0.1, -0.05) is 0 Å². The second-order valence-electron chi connectivity index (χ2n) is 3.93. The monoisotopic (exact) mass is 200 g/mol. The molecule has 0 saturated carbocycles. The molecule has 0 fully saturated rings. The quantitative estimate of drug-likeness (QED) is 0.515. The van der Waals surface area contributed by atoms with Gasteiger partial charge in [0.25, 0.3) is 0 Å². The second-order valence-corrected chi connectivity index (χ2v) is 3.93. The van der Waals surface area contributed by atoms with Crippen LogP contribution in [-0.4, -0.2) is 19.2 Å². The molecule has 1 aliphatic heterocycles. The minimum absolute atomic E-state index is 0.282. The van der Waals surface area contributed by atoms with Crippen LogP contribution in [0.5, 0.6) is 0 Å². The summed E-state index contributed by atoms with van der Waals surface area (Å²) < 4.78 is 4.94. The van der Waals surface area contributed by atoms with Crippen molar-refractivity contribution in [3.8, 4) is 0 Å². The van der Waals surface area contributed by atoms with Gasteiger partial charge in [0, 0.05) is 6.92 Å². The van der Waals surface area contributed by atoms with Crippen molar-refractivity contribution in [2.24, 2.45) is 5.41 Å². The van der Waals surface area contributed by atoms with Gasteiger partial charge in [-0.15, -0.1) is 0 Å². The van der Waals surface area contributed by atoms with E-state index in [4.69, 9.17) is 14.5 Å². The molecule has 4 nitrogen and oxygen atoms in total. The van der Waals surface area contributed by atoms with E-state index in [0.29, 0.717) is 13.2 Å². The zero-order valence-corrected chi connectivity index (χ0v) is 8.83. The normalized spacial score (nSPS) is 16.9. The largest absolute Gasteiger partial charge is 0.465 e. The standard InChI is InChI=1S/C10H16O4/c1-8(11)12-7-10(2,3)9-5-4-6-13-14-9/h5H,4,6-7H2,1-3H3. The Hall–Kier alpha value is -1.03. The van der Waals surface area contributed by atoms with Crippen molar-refractivity contribution >= 4 is 5.97 Å². The SMILES string of the molecule is CC(=O)OCC(C)(C)C1=CCCOO1. The van der Waals surface area contributed by atoms with Gasteiger partial charge in [-0.2, -0.15) is 4.89 Å². The molecular weight excluding hydrogens is 184 g/mol. The highest BCUT2D eigenvalue weighted by Gasteiger charge is 2.29. The van der Waals surface area contributed by atoms with E-state index in [1.165, 1.54) is 6.92 Å². The Morgan fingerprint density at radius 3 is 2.86 bits per heavy atom. The van der Waals surface area contributed by atoms with Crippen LogP contribution >= 0.6 is 0 Å². The summed E-state index contributed by atoms with van der Waals surface area (Å²) in [5, 5.41) is 0. The molecule has 0 saturated heterocycles. The van der Waals surface area contributed by atoms with Gasteiger partial charge in [-0.05, 0) is 26.3 Å². The predicted molar refractivity (Wildman–Crippen MR) is 50.2 cm³/mol. The van der Waals surface area contributed by atoms with Crippen LogP contribution in [0.2, 0.25) is 0 Å². The fraction of sp³-hybridized carbons (Fsp3) is 0.700. The van der Waals surface area contributed by atoms with E-state index < -0.39 is 0 Å². The molecule has 80 valence electrons. The molecule has 0 aromatic heterocycles. The molecule has 0 spiro atoms.